The molecule has 2 atom stereocenters. The summed E-state index contributed by atoms with van der Waals surface area (Å²) in [4.78, 5) is 32.9. The maximum absolute atomic E-state index is 13.0. The molecule has 0 aromatic rings. The summed E-state index contributed by atoms with van der Waals surface area (Å²) in [6, 6.07) is -1.24. The van der Waals surface area contributed by atoms with Crippen LogP contribution in [0.2, 0.25) is 0 Å². The number of alkyl halides is 3. The molecule has 4 N–H and O–H groups in total. The molecule has 0 radical (unpaired) electrons. The number of carbonyl (C=O) groups excluding carboxylic acids is 2. The molecular formula is C20H25F3N6O3. The van der Waals surface area contributed by atoms with Gasteiger partial charge in [0.1, 0.15) is 11.8 Å². The number of rotatable bonds is 4. The molecule has 0 aromatic carbocycles. The molecule has 32 heavy (non-hydrogen) atoms. The lowest BCUT2D eigenvalue weighted by Crippen LogP contribution is -2.54. The predicted molar refractivity (Wildman–Crippen MR) is 111 cm³/mol. The molecule has 12 heteroatoms. The average Bonchev–Trinajstić information content (AvgIpc) is 2.72. The van der Waals surface area contributed by atoms with Gasteiger partial charge in [-0.05, 0) is 25.0 Å². The molecule has 0 bridgehead atoms. The highest BCUT2D eigenvalue weighted by Gasteiger charge is 2.44. The molecule has 0 saturated carbocycles. The van der Waals surface area contributed by atoms with Crippen LogP contribution in [0.15, 0.2) is 44.7 Å². The summed E-state index contributed by atoms with van der Waals surface area (Å²) in [7, 11) is 0. The fourth-order valence-electron chi connectivity index (χ4n) is 3.85. The second kappa shape index (κ2) is 9.55. The zero-order valence-corrected chi connectivity index (χ0v) is 17.7. The molecule has 9 nitrogen and oxygen atoms in total. The molecule has 0 saturated heterocycles. The number of amides is 2. The van der Waals surface area contributed by atoms with Crippen LogP contribution in [0.3, 0.4) is 0 Å². The number of allylic oxidation sites excluding steroid dienone is 2. The zero-order valence-electron chi connectivity index (χ0n) is 17.7. The molecule has 3 rings (SSSR count). The highest BCUT2D eigenvalue weighted by atomic mass is 19.4. The summed E-state index contributed by atoms with van der Waals surface area (Å²) >= 11 is 0. The topological polar surface area (TPSA) is 121 Å². The van der Waals surface area contributed by atoms with Gasteiger partial charge in [-0.25, -0.2) is 10.6 Å². The SMILES string of the molecule is CCNC(=O)NC1=NCC2=C(C1)C(=CCC(F)(F)F)N(N)C1C2=CN=CC1C(=O)OCC. The number of hydrogen-bond donors (Lipinski definition) is 3. The molecule has 2 unspecified atom stereocenters. The standard InChI is InChI=1S/C20H25F3N6O3/c1-3-26-19(31)28-16-7-11-12(10-27-16)13-8-25-9-14(18(30)32-4-2)17(13)29(24)15(11)5-6-20(21,22)23/h5,8-9,14,17H,3-4,6-7,10,24H2,1-2H3,(H2,26,27,28,31). The summed E-state index contributed by atoms with van der Waals surface area (Å²) in [6.07, 6.45) is -1.66. The maximum atomic E-state index is 13.0. The lowest BCUT2D eigenvalue weighted by molar-refractivity contribution is -0.147. The van der Waals surface area contributed by atoms with E-state index in [0.29, 0.717) is 29.1 Å². The van der Waals surface area contributed by atoms with Crippen molar-refractivity contribution < 1.29 is 27.5 Å². The number of carbonyl (C=O) groups is 2. The van der Waals surface area contributed by atoms with Crippen molar-refractivity contribution in [3.05, 3.63) is 34.7 Å². The van der Waals surface area contributed by atoms with Crippen molar-refractivity contribution in [2.24, 2.45) is 21.7 Å². The number of hydrazine groups is 1. The maximum Gasteiger partial charge on any atom is 0.392 e. The van der Waals surface area contributed by atoms with Gasteiger partial charge >= 0.3 is 18.2 Å². The molecule has 174 valence electrons. The van der Waals surface area contributed by atoms with E-state index in [2.05, 4.69) is 20.6 Å². The van der Waals surface area contributed by atoms with Gasteiger partial charge in [-0.3, -0.25) is 20.1 Å². The molecule has 0 spiro atoms. The first-order valence-electron chi connectivity index (χ1n) is 10.2. The van der Waals surface area contributed by atoms with Crippen molar-refractivity contribution >= 4 is 24.1 Å². The van der Waals surface area contributed by atoms with E-state index in [-0.39, 0.29) is 25.3 Å². The predicted octanol–water partition coefficient (Wildman–Crippen LogP) is 1.95. The number of nitrogens with zero attached hydrogens (tertiary/aromatic N) is 3. The molecule has 3 heterocycles. The quantitative estimate of drug-likeness (QED) is 0.443. The van der Waals surface area contributed by atoms with Gasteiger partial charge in [-0.1, -0.05) is 6.08 Å². The van der Waals surface area contributed by atoms with Crippen molar-refractivity contribution in [1.82, 2.24) is 15.6 Å². The van der Waals surface area contributed by atoms with Crippen LogP contribution in [-0.4, -0.2) is 61.0 Å². The molecular weight excluding hydrogens is 429 g/mol. The van der Waals surface area contributed by atoms with E-state index in [4.69, 9.17) is 10.6 Å². The Morgan fingerprint density at radius 1 is 1.34 bits per heavy atom. The Labute approximate surface area is 182 Å². The van der Waals surface area contributed by atoms with Crippen LogP contribution in [-0.2, 0) is 9.53 Å². The van der Waals surface area contributed by atoms with Crippen LogP contribution in [0, 0.1) is 5.92 Å². The Balaban J connectivity index is 2.00. The Kier molecular flexibility index (Phi) is 7.02. The van der Waals surface area contributed by atoms with E-state index in [0.717, 1.165) is 11.1 Å². The van der Waals surface area contributed by atoms with Crippen LogP contribution in [0.5, 0.6) is 0 Å². The van der Waals surface area contributed by atoms with E-state index in [1.165, 1.54) is 12.4 Å². The van der Waals surface area contributed by atoms with Gasteiger partial charge in [-0.15, -0.1) is 0 Å². The smallest absolute Gasteiger partial charge is 0.392 e. The Hall–Kier alpha value is -3.15. The van der Waals surface area contributed by atoms with Gasteiger partial charge in [-0.2, -0.15) is 13.2 Å². The summed E-state index contributed by atoms with van der Waals surface area (Å²) in [5.74, 6) is 5.15. The van der Waals surface area contributed by atoms with Crippen LogP contribution in [0.4, 0.5) is 18.0 Å². The number of hydrogen-bond acceptors (Lipinski definition) is 7. The van der Waals surface area contributed by atoms with Crippen molar-refractivity contribution in [2.75, 3.05) is 19.7 Å². The van der Waals surface area contributed by atoms with Gasteiger partial charge in [0, 0.05) is 31.0 Å². The van der Waals surface area contributed by atoms with Crippen LogP contribution < -0.4 is 16.5 Å². The first kappa shape index (κ1) is 23.5. The number of amidine groups is 1. The number of dihydropyridines is 1. The third-order valence-electron chi connectivity index (χ3n) is 5.17. The number of esters is 1. The van der Waals surface area contributed by atoms with Crippen LogP contribution in [0.1, 0.15) is 26.7 Å². The van der Waals surface area contributed by atoms with E-state index < -0.39 is 36.6 Å². The Bertz CT molecular complexity index is 935. The van der Waals surface area contributed by atoms with Crippen LogP contribution >= 0.6 is 0 Å². The molecule has 0 fully saturated rings. The largest absolute Gasteiger partial charge is 0.465 e. The van der Waals surface area contributed by atoms with E-state index in [1.807, 2.05) is 0 Å². The summed E-state index contributed by atoms with van der Waals surface area (Å²) in [5, 5.41) is 6.35. The summed E-state index contributed by atoms with van der Waals surface area (Å²) in [5.41, 5.74) is 1.86. The second-order valence-corrected chi connectivity index (χ2v) is 7.30. The Morgan fingerprint density at radius 2 is 2.09 bits per heavy atom. The molecule has 2 amide bonds. The number of halogens is 3. The van der Waals surface area contributed by atoms with Gasteiger partial charge < -0.3 is 15.1 Å². The minimum Gasteiger partial charge on any atom is -0.465 e. The number of aliphatic imine (C=N–C) groups is 2. The normalized spacial score (nSPS) is 23.8. The third kappa shape index (κ3) is 5.01. The van der Waals surface area contributed by atoms with Crippen molar-refractivity contribution in [3.8, 4) is 0 Å². The van der Waals surface area contributed by atoms with Gasteiger partial charge in [0.15, 0.2) is 0 Å². The molecule has 3 aliphatic heterocycles. The third-order valence-corrected chi connectivity index (χ3v) is 5.17. The van der Waals surface area contributed by atoms with Crippen molar-refractivity contribution in [2.45, 2.75) is 38.9 Å². The number of nitrogens with two attached hydrogens (primary N) is 1. The van der Waals surface area contributed by atoms with E-state index in [1.54, 1.807) is 13.8 Å². The minimum atomic E-state index is -4.44. The minimum absolute atomic E-state index is 0.0711. The van der Waals surface area contributed by atoms with E-state index in [9.17, 15) is 22.8 Å². The Morgan fingerprint density at radius 3 is 2.75 bits per heavy atom. The van der Waals surface area contributed by atoms with Gasteiger partial charge in [0.2, 0.25) is 0 Å². The fourth-order valence-corrected chi connectivity index (χ4v) is 3.85. The summed E-state index contributed by atoms with van der Waals surface area (Å²) < 4.78 is 44.2. The second-order valence-electron chi connectivity index (χ2n) is 7.30. The van der Waals surface area contributed by atoms with Crippen molar-refractivity contribution in [1.29, 1.82) is 0 Å². The van der Waals surface area contributed by atoms with E-state index >= 15 is 0 Å². The van der Waals surface area contributed by atoms with Gasteiger partial charge in [0.05, 0.1) is 31.3 Å². The highest BCUT2D eigenvalue weighted by molar-refractivity contribution is 6.00. The highest BCUT2D eigenvalue weighted by Crippen LogP contribution is 2.41. The lowest BCUT2D eigenvalue weighted by Gasteiger charge is -2.44. The average molecular weight is 454 g/mol. The van der Waals surface area contributed by atoms with Crippen LogP contribution in [0.25, 0.3) is 0 Å². The number of urea groups is 1. The van der Waals surface area contributed by atoms with Gasteiger partial charge in [0.25, 0.3) is 0 Å². The monoisotopic (exact) mass is 454 g/mol. The zero-order chi connectivity index (χ0) is 23.5. The number of fused-ring (bicyclic) bond motifs is 2. The number of ether oxygens (including phenoxy) is 1. The first-order valence-corrected chi connectivity index (χ1v) is 10.2. The fraction of sp³-hybridized carbons (Fsp3) is 0.500. The number of nitrogens with one attached hydrogen (secondary N) is 2. The summed E-state index contributed by atoms with van der Waals surface area (Å²) in [6.45, 7) is 4.06. The first-order chi connectivity index (χ1) is 15.2. The molecule has 0 aromatic heterocycles. The van der Waals surface area contributed by atoms with Crippen molar-refractivity contribution in [3.63, 3.8) is 0 Å². The molecule has 0 aliphatic carbocycles. The lowest BCUT2D eigenvalue weighted by atomic mass is 9.79. The molecule has 3 aliphatic rings.